The first-order valence-corrected chi connectivity index (χ1v) is 7.86. The summed E-state index contributed by atoms with van der Waals surface area (Å²) in [6, 6.07) is 0. The van der Waals surface area contributed by atoms with Crippen LogP contribution in [0, 0.1) is 17.3 Å². The van der Waals surface area contributed by atoms with E-state index in [1.54, 1.807) is 0 Å². The number of hydrogen-bond acceptors (Lipinski definition) is 3. The Balaban J connectivity index is 1.69. The van der Waals surface area contributed by atoms with Crippen LogP contribution in [-0.2, 0) is 4.74 Å². The van der Waals surface area contributed by atoms with Crippen molar-refractivity contribution in [1.82, 2.24) is 4.90 Å². The maximum absolute atomic E-state index is 12.9. The van der Waals surface area contributed by atoms with Crippen LogP contribution in [-0.4, -0.2) is 49.0 Å². The summed E-state index contributed by atoms with van der Waals surface area (Å²) in [5.74, 6) is -0.910. The topological polar surface area (TPSA) is 38.5 Å². The predicted octanol–water partition coefficient (Wildman–Crippen LogP) is 2.40. The van der Waals surface area contributed by atoms with Gasteiger partial charge in [0.05, 0.1) is 12.0 Å². The maximum atomic E-state index is 12.9. The second-order valence-corrected chi connectivity index (χ2v) is 7.56. The van der Waals surface area contributed by atoms with E-state index in [4.69, 9.17) is 10.5 Å². The number of fused-ring (bicyclic) bond motifs is 1. The SMILES string of the molecule is CC1(C)C2OCCC2C1(N)CN1CCCC(C(F)(F)F)C1. The highest BCUT2D eigenvalue weighted by atomic mass is 19.4. The molecule has 3 aliphatic rings. The molecule has 1 aliphatic carbocycles. The minimum absolute atomic E-state index is 0.0940. The van der Waals surface area contributed by atoms with E-state index in [9.17, 15) is 13.2 Å². The van der Waals surface area contributed by atoms with Gasteiger partial charge in [0, 0.05) is 36.6 Å². The lowest BCUT2D eigenvalue weighted by Gasteiger charge is -2.63. The van der Waals surface area contributed by atoms with Crippen molar-refractivity contribution in [3.05, 3.63) is 0 Å². The number of hydrogen-bond donors (Lipinski definition) is 1. The largest absolute Gasteiger partial charge is 0.393 e. The summed E-state index contributed by atoms with van der Waals surface area (Å²) in [6.07, 6.45) is -2.14. The van der Waals surface area contributed by atoms with Gasteiger partial charge in [-0.05, 0) is 25.8 Å². The Morgan fingerprint density at radius 2 is 2.00 bits per heavy atom. The highest BCUT2D eigenvalue weighted by molar-refractivity contribution is 5.21. The van der Waals surface area contributed by atoms with E-state index >= 15 is 0 Å². The molecule has 3 fully saturated rings. The lowest BCUT2D eigenvalue weighted by Crippen LogP contribution is -2.78. The molecule has 4 atom stereocenters. The van der Waals surface area contributed by atoms with Crippen molar-refractivity contribution < 1.29 is 17.9 Å². The average Bonchev–Trinajstić information content (AvgIpc) is 2.86. The van der Waals surface area contributed by atoms with Gasteiger partial charge in [0.2, 0.25) is 0 Å². The van der Waals surface area contributed by atoms with E-state index in [0.29, 0.717) is 18.9 Å². The maximum Gasteiger partial charge on any atom is 0.393 e. The normalized spacial score (nSPS) is 43.4. The molecule has 0 spiro atoms. The van der Waals surface area contributed by atoms with Gasteiger partial charge < -0.3 is 15.4 Å². The van der Waals surface area contributed by atoms with Crippen LogP contribution in [0.5, 0.6) is 0 Å². The average molecular weight is 306 g/mol. The summed E-state index contributed by atoms with van der Waals surface area (Å²) in [4.78, 5) is 1.93. The number of ether oxygens (including phenoxy) is 1. The third-order valence-corrected chi connectivity index (χ3v) is 6.12. The molecule has 1 saturated carbocycles. The van der Waals surface area contributed by atoms with Gasteiger partial charge in [-0.3, -0.25) is 0 Å². The molecule has 2 saturated heterocycles. The fraction of sp³-hybridized carbons (Fsp3) is 1.00. The lowest BCUT2D eigenvalue weighted by molar-refractivity contribution is -0.196. The van der Waals surface area contributed by atoms with Crippen molar-refractivity contribution >= 4 is 0 Å². The molecule has 21 heavy (non-hydrogen) atoms. The van der Waals surface area contributed by atoms with Crippen molar-refractivity contribution in [3.63, 3.8) is 0 Å². The molecule has 0 bridgehead atoms. The van der Waals surface area contributed by atoms with Gasteiger partial charge in [-0.15, -0.1) is 0 Å². The van der Waals surface area contributed by atoms with Crippen molar-refractivity contribution in [2.24, 2.45) is 23.0 Å². The smallest absolute Gasteiger partial charge is 0.377 e. The van der Waals surface area contributed by atoms with Gasteiger partial charge in [0.1, 0.15) is 0 Å². The number of rotatable bonds is 2. The number of piperidine rings is 1. The first kappa shape index (κ1) is 15.6. The van der Waals surface area contributed by atoms with Gasteiger partial charge in [-0.2, -0.15) is 13.2 Å². The summed E-state index contributed by atoms with van der Waals surface area (Å²) in [5, 5.41) is 0. The van der Waals surface area contributed by atoms with E-state index < -0.39 is 17.6 Å². The number of halogens is 3. The van der Waals surface area contributed by atoms with Gasteiger partial charge in [0.25, 0.3) is 0 Å². The van der Waals surface area contributed by atoms with E-state index in [1.165, 1.54) is 0 Å². The molecule has 3 rings (SSSR count). The van der Waals surface area contributed by atoms with E-state index in [1.807, 2.05) is 4.90 Å². The molecule has 3 nitrogen and oxygen atoms in total. The quantitative estimate of drug-likeness (QED) is 0.851. The van der Waals surface area contributed by atoms with Crippen LogP contribution in [0.15, 0.2) is 0 Å². The van der Waals surface area contributed by atoms with Crippen LogP contribution >= 0.6 is 0 Å². The van der Waals surface area contributed by atoms with E-state index in [2.05, 4.69) is 13.8 Å². The van der Waals surface area contributed by atoms with Crippen molar-refractivity contribution in [3.8, 4) is 0 Å². The van der Waals surface area contributed by atoms with E-state index in [0.717, 1.165) is 19.6 Å². The molecule has 0 aromatic heterocycles. The minimum atomic E-state index is -4.09. The molecule has 0 aromatic rings. The van der Waals surface area contributed by atoms with Crippen LogP contribution in [0.25, 0.3) is 0 Å². The van der Waals surface area contributed by atoms with Gasteiger partial charge in [-0.1, -0.05) is 13.8 Å². The van der Waals surface area contributed by atoms with Gasteiger partial charge in [0.15, 0.2) is 0 Å². The summed E-state index contributed by atoms with van der Waals surface area (Å²) in [5.41, 5.74) is 6.05. The van der Waals surface area contributed by atoms with E-state index in [-0.39, 0.29) is 24.5 Å². The summed E-state index contributed by atoms with van der Waals surface area (Å²) < 4.78 is 44.5. The highest BCUT2D eigenvalue weighted by Gasteiger charge is 2.67. The molecular formula is C15H25F3N2O. The first-order valence-electron chi connectivity index (χ1n) is 7.86. The van der Waals surface area contributed by atoms with Crippen molar-refractivity contribution in [1.29, 1.82) is 0 Å². The fourth-order valence-corrected chi connectivity index (χ4v) is 4.63. The molecule has 6 heteroatoms. The summed E-state index contributed by atoms with van der Waals surface area (Å²) in [7, 11) is 0. The zero-order valence-corrected chi connectivity index (χ0v) is 12.7. The predicted molar refractivity (Wildman–Crippen MR) is 73.8 cm³/mol. The Labute approximate surface area is 124 Å². The fourth-order valence-electron chi connectivity index (χ4n) is 4.63. The standard InChI is InChI=1S/C15H25F3N2O/c1-13(2)12-11(5-7-21-12)14(13,19)9-20-6-3-4-10(8-20)15(16,17)18/h10-12H,3-9,19H2,1-2H3. The number of nitrogens with zero attached hydrogens (tertiary/aromatic N) is 1. The zero-order valence-electron chi connectivity index (χ0n) is 12.7. The van der Waals surface area contributed by atoms with Crippen LogP contribution < -0.4 is 5.73 Å². The van der Waals surface area contributed by atoms with Crippen LogP contribution in [0.3, 0.4) is 0 Å². The molecule has 2 heterocycles. The molecule has 122 valence electrons. The molecular weight excluding hydrogens is 281 g/mol. The Bertz CT molecular complexity index is 412. The molecule has 0 amide bonds. The van der Waals surface area contributed by atoms with Gasteiger partial charge >= 0.3 is 6.18 Å². The number of likely N-dealkylation sites (tertiary alicyclic amines) is 1. The highest BCUT2D eigenvalue weighted by Crippen LogP contribution is 2.58. The molecule has 4 unspecified atom stereocenters. The summed E-state index contributed by atoms with van der Waals surface area (Å²) in [6.45, 7) is 6.27. The van der Waals surface area contributed by atoms with Crippen LogP contribution in [0.1, 0.15) is 33.1 Å². The van der Waals surface area contributed by atoms with Gasteiger partial charge in [-0.25, -0.2) is 0 Å². The van der Waals surface area contributed by atoms with Crippen LogP contribution in [0.2, 0.25) is 0 Å². The number of alkyl halides is 3. The number of nitrogens with two attached hydrogens (primary N) is 1. The monoisotopic (exact) mass is 306 g/mol. The first-order chi connectivity index (χ1) is 9.66. The third kappa shape index (κ3) is 2.30. The zero-order chi connectivity index (χ0) is 15.5. The molecule has 0 radical (unpaired) electrons. The lowest BCUT2D eigenvalue weighted by atomic mass is 9.48. The molecule has 2 aliphatic heterocycles. The second kappa shape index (κ2) is 4.83. The third-order valence-electron chi connectivity index (χ3n) is 6.12. The summed E-state index contributed by atoms with van der Waals surface area (Å²) >= 11 is 0. The van der Waals surface area contributed by atoms with Crippen LogP contribution in [0.4, 0.5) is 13.2 Å². The Kier molecular flexibility index (Phi) is 3.58. The Hall–Kier alpha value is -0.330. The van der Waals surface area contributed by atoms with Crippen molar-refractivity contribution in [2.75, 3.05) is 26.2 Å². The van der Waals surface area contributed by atoms with Crippen molar-refractivity contribution in [2.45, 2.75) is 50.9 Å². The molecule has 0 aromatic carbocycles. The minimum Gasteiger partial charge on any atom is -0.377 e. The molecule has 2 N–H and O–H groups in total. The Morgan fingerprint density at radius 1 is 1.29 bits per heavy atom. The Morgan fingerprint density at radius 3 is 2.67 bits per heavy atom. The second-order valence-electron chi connectivity index (χ2n) is 7.56.